The lowest BCUT2D eigenvalue weighted by Crippen LogP contribution is -2.42. The standard InChI is InChI=1S/C22H26N2O3/c1-23(2)17-9-7-16(8-10-17)11-21(26)24-12-19-18-5-3-4-6-20(18)27-15-22(19,13-24)14-25/h3-10,19,25H,11-15H2,1-2H3. The van der Waals surface area contributed by atoms with Crippen LogP contribution in [0.25, 0.3) is 0 Å². The highest BCUT2D eigenvalue weighted by atomic mass is 16.5. The first-order valence-electron chi connectivity index (χ1n) is 9.39. The van der Waals surface area contributed by atoms with E-state index < -0.39 is 5.41 Å². The topological polar surface area (TPSA) is 53.0 Å². The van der Waals surface area contributed by atoms with Gasteiger partial charge in [-0.05, 0) is 29.3 Å². The summed E-state index contributed by atoms with van der Waals surface area (Å²) in [5.41, 5.74) is 2.82. The lowest BCUT2D eigenvalue weighted by molar-refractivity contribution is -0.130. The summed E-state index contributed by atoms with van der Waals surface area (Å²) in [5, 5.41) is 10.1. The number of carbonyl (C=O) groups is 1. The number of aliphatic hydroxyl groups excluding tert-OH is 1. The molecule has 0 aliphatic carbocycles. The molecule has 1 fully saturated rings. The summed E-state index contributed by atoms with van der Waals surface area (Å²) in [6, 6.07) is 16.1. The van der Waals surface area contributed by atoms with Gasteiger partial charge in [-0.2, -0.15) is 0 Å². The maximum Gasteiger partial charge on any atom is 0.227 e. The lowest BCUT2D eigenvalue weighted by Gasteiger charge is -2.37. The van der Waals surface area contributed by atoms with E-state index in [0.717, 1.165) is 22.6 Å². The Kier molecular flexibility index (Phi) is 4.56. The van der Waals surface area contributed by atoms with Crippen molar-refractivity contribution >= 4 is 11.6 Å². The third-order valence-electron chi connectivity index (χ3n) is 5.93. The van der Waals surface area contributed by atoms with Gasteiger partial charge in [0.15, 0.2) is 0 Å². The van der Waals surface area contributed by atoms with Gasteiger partial charge in [0, 0.05) is 38.8 Å². The molecule has 5 heteroatoms. The molecule has 2 aromatic carbocycles. The lowest BCUT2D eigenvalue weighted by atomic mass is 9.74. The van der Waals surface area contributed by atoms with Crippen molar-refractivity contribution < 1.29 is 14.6 Å². The summed E-state index contributed by atoms with van der Waals surface area (Å²) in [4.78, 5) is 16.9. The van der Waals surface area contributed by atoms with Gasteiger partial charge in [-0.1, -0.05) is 30.3 Å². The fraction of sp³-hybridized carbons (Fsp3) is 0.409. The van der Waals surface area contributed by atoms with Gasteiger partial charge in [-0.25, -0.2) is 0 Å². The van der Waals surface area contributed by atoms with Crippen molar-refractivity contribution in [3.63, 3.8) is 0 Å². The predicted molar refractivity (Wildman–Crippen MR) is 105 cm³/mol. The van der Waals surface area contributed by atoms with Crippen molar-refractivity contribution in [2.75, 3.05) is 45.3 Å². The number of hydrogen-bond acceptors (Lipinski definition) is 4. The summed E-state index contributed by atoms with van der Waals surface area (Å²) < 4.78 is 5.91. The van der Waals surface area contributed by atoms with E-state index >= 15 is 0 Å². The van der Waals surface area contributed by atoms with Gasteiger partial charge in [0.25, 0.3) is 0 Å². The molecule has 142 valence electrons. The van der Waals surface area contributed by atoms with Crippen molar-refractivity contribution in [1.82, 2.24) is 4.90 Å². The molecule has 1 amide bonds. The third-order valence-corrected chi connectivity index (χ3v) is 5.93. The second kappa shape index (κ2) is 6.89. The number of ether oxygens (including phenoxy) is 1. The van der Waals surface area contributed by atoms with E-state index in [2.05, 4.69) is 6.07 Å². The van der Waals surface area contributed by atoms with Gasteiger partial charge in [0.1, 0.15) is 5.75 Å². The maximum absolute atomic E-state index is 12.9. The monoisotopic (exact) mass is 366 g/mol. The second-order valence-corrected chi connectivity index (χ2v) is 7.91. The van der Waals surface area contributed by atoms with Crippen LogP contribution in [0.3, 0.4) is 0 Å². The van der Waals surface area contributed by atoms with E-state index in [0.29, 0.717) is 26.1 Å². The summed E-state index contributed by atoms with van der Waals surface area (Å²) in [5.74, 6) is 1.10. The summed E-state index contributed by atoms with van der Waals surface area (Å²) >= 11 is 0. The fourth-order valence-electron chi connectivity index (χ4n) is 4.26. The number of carbonyl (C=O) groups excluding carboxylic acids is 1. The second-order valence-electron chi connectivity index (χ2n) is 7.91. The molecule has 2 heterocycles. The molecule has 2 aromatic rings. The molecule has 27 heavy (non-hydrogen) atoms. The normalized spacial score (nSPS) is 23.4. The number of nitrogens with zero attached hydrogens (tertiary/aromatic N) is 2. The Morgan fingerprint density at radius 3 is 2.67 bits per heavy atom. The number of rotatable bonds is 4. The highest BCUT2D eigenvalue weighted by molar-refractivity contribution is 5.79. The largest absolute Gasteiger partial charge is 0.493 e. The molecule has 2 atom stereocenters. The number of hydrogen-bond donors (Lipinski definition) is 1. The van der Waals surface area contributed by atoms with E-state index in [9.17, 15) is 9.90 Å². The summed E-state index contributed by atoms with van der Waals surface area (Å²) in [7, 11) is 4.00. The first-order chi connectivity index (χ1) is 13.0. The van der Waals surface area contributed by atoms with E-state index in [1.807, 2.05) is 66.4 Å². The van der Waals surface area contributed by atoms with Crippen LogP contribution in [0.2, 0.25) is 0 Å². The van der Waals surface area contributed by atoms with Crippen molar-refractivity contribution in [2.24, 2.45) is 5.41 Å². The van der Waals surface area contributed by atoms with Crippen LogP contribution in [0.4, 0.5) is 5.69 Å². The van der Waals surface area contributed by atoms with Crippen LogP contribution in [-0.4, -0.2) is 56.3 Å². The third kappa shape index (κ3) is 3.16. The molecule has 0 saturated carbocycles. The maximum atomic E-state index is 12.9. The molecule has 5 nitrogen and oxygen atoms in total. The van der Waals surface area contributed by atoms with Gasteiger partial charge >= 0.3 is 0 Å². The molecule has 1 N–H and O–H groups in total. The van der Waals surface area contributed by atoms with E-state index in [-0.39, 0.29) is 18.4 Å². The molecule has 4 rings (SSSR count). The zero-order valence-corrected chi connectivity index (χ0v) is 15.9. The number of anilines is 1. The minimum Gasteiger partial charge on any atom is -0.493 e. The quantitative estimate of drug-likeness (QED) is 0.902. The van der Waals surface area contributed by atoms with Gasteiger partial charge in [0.05, 0.1) is 25.0 Å². The van der Waals surface area contributed by atoms with Gasteiger partial charge in [-0.15, -0.1) is 0 Å². The number of aliphatic hydroxyl groups is 1. The van der Waals surface area contributed by atoms with Crippen LogP contribution in [-0.2, 0) is 11.2 Å². The van der Waals surface area contributed by atoms with E-state index in [4.69, 9.17) is 4.74 Å². The molecule has 1 saturated heterocycles. The first kappa shape index (κ1) is 17.9. The zero-order chi connectivity index (χ0) is 19.0. The SMILES string of the molecule is CN(C)c1ccc(CC(=O)N2CC3c4ccccc4OCC3(CO)C2)cc1. The Balaban J connectivity index is 1.51. The fourth-order valence-corrected chi connectivity index (χ4v) is 4.26. The molecule has 0 radical (unpaired) electrons. The average Bonchev–Trinajstić information content (AvgIpc) is 3.09. The molecule has 0 bridgehead atoms. The van der Waals surface area contributed by atoms with Crippen molar-refractivity contribution in [3.8, 4) is 5.75 Å². The molecule has 2 aliphatic heterocycles. The van der Waals surface area contributed by atoms with Gasteiger partial charge in [-0.3, -0.25) is 4.79 Å². The summed E-state index contributed by atoms with van der Waals surface area (Å²) in [6.07, 6.45) is 0.379. The minimum absolute atomic E-state index is 0.0211. The number of benzene rings is 2. The minimum atomic E-state index is -0.404. The van der Waals surface area contributed by atoms with Crippen LogP contribution >= 0.6 is 0 Å². The van der Waals surface area contributed by atoms with Crippen LogP contribution in [0.15, 0.2) is 48.5 Å². The van der Waals surface area contributed by atoms with E-state index in [1.54, 1.807) is 0 Å². The molecular formula is C22H26N2O3. The van der Waals surface area contributed by atoms with Crippen molar-refractivity contribution in [3.05, 3.63) is 59.7 Å². The Labute approximate surface area is 160 Å². The van der Waals surface area contributed by atoms with Gasteiger partial charge < -0.3 is 19.6 Å². The Morgan fingerprint density at radius 1 is 1.22 bits per heavy atom. The molecule has 0 spiro atoms. The molecule has 0 aromatic heterocycles. The Hall–Kier alpha value is -2.53. The Bertz CT molecular complexity index is 834. The van der Waals surface area contributed by atoms with Crippen LogP contribution < -0.4 is 9.64 Å². The molecule has 2 unspecified atom stereocenters. The average molecular weight is 366 g/mol. The Morgan fingerprint density at radius 2 is 1.96 bits per heavy atom. The first-order valence-corrected chi connectivity index (χ1v) is 9.39. The van der Waals surface area contributed by atoms with Crippen LogP contribution in [0.5, 0.6) is 5.75 Å². The number of para-hydroxylation sites is 1. The smallest absolute Gasteiger partial charge is 0.227 e. The molecule has 2 aliphatic rings. The van der Waals surface area contributed by atoms with Crippen LogP contribution in [0, 0.1) is 5.41 Å². The highest BCUT2D eigenvalue weighted by Crippen LogP contribution is 2.49. The van der Waals surface area contributed by atoms with Crippen LogP contribution in [0.1, 0.15) is 17.0 Å². The molecular weight excluding hydrogens is 340 g/mol. The number of fused-ring (bicyclic) bond motifs is 3. The van der Waals surface area contributed by atoms with Crippen molar-refractivity contribution in [2.45, 2.75) is 12.3 Å². The van der Waals surface area contributed by atoms with E-state index in [1.165, 1.54) is 0 Å². The summed E-state index contributed by atoms with van der Waals surface area (Å²) in [6.45, 7) is 1.65. The van der Waals surface area contributed by atoms with Crippen molar-refractivity contribution in [1.29, 1.82) is 0 Å². The highest BCUT2D eigenvalue weighted by Gasteiger charge is 2.51. The predicted octanol–water partition coefficient (Wildman–Crippen LogP) is 2.29. The zero-order valence-electron chi connectivity index (χ0n) is 15.9. The van der Waals surface area contributed by atoms with Gasteiger partial charge in [0.2, 0.25) is 5.91 Å². The number of likely N-dealkylation sites (tertiary alicyclic amines) is 1. The number of amides is 1.